The maximum atomic E-state index is 0. The molecule has 0 aliphatic heterocycles. The summed E-state index contributed by atoms with van der Waals surface area (Å²) in [5.74, 6) is 0. The average Bonchev–Trinajstić information content (AvgIpc) is 0. The average molecular weight is 212 g/mol. The van der Waals surface area contributed by atoms with Crippen LogP contribution in [0.2, 0.25) is 0 Å². The van der Waals surface area contributed by atoms with Gasteiger partial charge in [-0.25, -0.2) is 0 Å². The summed E-state index contributed by atoms with van der Waals surface area (Å²) in [6.07, 6.45) is 0. The number of rotatable bonds is 0. The molecular formula is H12CaMgO3Sr. The molecule has 0 aliphatic rings. The van der Waals surface area contributed by atoms with E-state index in [1.807, 2.05) is 0 Å². The SMILES string of the molecule is O.O.O.[CaH2].[MgH2].[SrH2]. The Kier molecular flexibility index (Phi) is 383. The van der Waals surface area contributed by atoms with Crippen molar-refractivity contribution in [2.75, 3.05) is 0 Å². The van der Waals surface area contributed by atoms with Crippen molar-refractivity contribution in [2.24, 2.45) is 0 Å². The molecule has 0 atom stereocenters. The van der Waals surface area contributed by atoms with E-state index in [1.165, 1.54) is 0 Å². The van der Waals surface area contributed by atoms with E-state index in [0.29, 0.717) is 0 Å². The van der Waals surface area contributed by atoms with Gasteiger partial charge in [-0.1, -0.05) is 0 Å². The van der Waals surface area contributed by atoms with Crippen LogP contribution in [0.15, 0.2) is 0 Å². The van der Waals surface area contributed by atoms with Crippen molar-refractivity contribution in [2.45, 2.75) is 0 Å². The quantitative estimate of drug-likeness (QED) is 0.359. The Bertz CT molecular complexity index is 10.8. The van der Waals surface area contributed by atoms with Crippen LogP contribution in [0.5, 0.6) is 0 Å². The Morgan fingerprint density at radius 2 is 0.667 bits per heavy atom. The summed E-state index contributed by atoms with van der Waals surface area (Å²) in [4.78, 5) is 0. The molecule has 0 aromatic rings. The maximum absolute atomic E-state index is 0. The third-order valence-corrected chi connectivity index (χ3v) is 0. The van der Waals surface area contributed by atoms with Crippen LogP contribution in [-0.4, -0.2) is 123 Å². The van der Waals surface area contributed by atoms with Crippen molar-refractivity contribution < 1.29 is 16.4 Å². The van der Waals surface area contributed by atoms with Crippen LogP contribution < -0.4 is 0 Å². The van der Waals surface area contributed by atoms with E-state index in [2.05, 4.69) is 0 Å². The second-order valence-corrected chi connectivity index (χ2v) is 0. The van der Waals surface area contributed by atoms with Crippen LogP contribution in [0.25, 0.3) is 0 Å². The summed E-state index contributed by atoms with van der Waals surface area (Å²) in [5.41, 5.74) is 0. The molecule has 0 aromatic carbocycles. The van der Waals surface area contributed by atoms with Gasteiger partial charge in [0.1, 0.15) is 0 Å². The number of hydrogen-bond acceptors (Lipinski definition) is 0. The van der Waals surface area contributed by atoms with Gasteiger partial charge >= 0.3 is 106 Å². The first kappa shape index (κ1) is 57.6. The van der Waals surface area contributed by atoms with Crippen molar-refractivity contribution in [3.8, 4) is 0 Å². The van der Waals surface area contributed by atoms with Gasteiger partial charge in [-0.05, 0) is 0 Å². The van der Waals surface area contributed by atoms with Gasteiger partial charge in [-0.15, -0.1) is 0 Å². The molecule has 0 unspecified atom stereocenters. The minimum atomic E-state index is 0. The molecule has 0 aliphatic carbocycles. The third kappa shape index (κ3) is 26.3. The fourth-order valence-electron chi connectivity index (χ4n) is 0. The normalized spacial score (nSPS) is 0. The van der Waals surface area contributed by atoms with Gasteiger partial charge in [0.15, 0.2) is 0 Å². The molecule has 0 saturated heterocycles. The van der Waals surface area contributed by atoms with E-state index in [4.69, 9.17) is 0 Å². The Morgan fingerprint density at radius 1 is 0.667 bits per heavy atom. The predicted molar refractivity (Wildman–Crippen MR) is 36.5 cm³/mol. The second-order valence-electron chi connectivity index (χ2n) is 0. The molecule has 6 heteroatoms. The Balaban J connectivity index is 0. The van der Waals surface area contributed by atoms with E-state index >= 15 is 0 Å². The van der Waals surface area contributed by atoms with Crippen LogP contribution in [0, 0.1) is 0 Å². The molecule has 0 heterocycles. The van der Waals surface area contributed by atoms with Crippen molar-refractivity contribution in [1.29, 1.82) is 0 Å². The molecule has 0 fully saturated rings. The molecule has 3 nitrogen and oxygen atoms in total. The van der Waals surface area contributed by atoms with Crippen molar-refractivity contribution in [1.82, 2.24) is 0 Å². The summed E-state index contributed by atoms with van der Waals surface area (Å²) in [5, 5.41) is 0. The van der Waals surface area contributed by atoms with Gasteiger partial charge in [-0.3, -0.25) is 0 Å². The molecule has 6 heavy (non-hydrogen) atoms. The Labute approximate surface area is 120 Å². The molecule has 0 amide bonds. The first-order valence-electron chi connectivity index (χ1n) is 0. The fourth-order valence-corrected chi connectivity index (χ4v) is 0. The molecule has 36 valence electrons. The van der Waals surface area contributed by atoms with E-state index < -0.39 is 0 Å². The second kappa shape index (κ2) is 39.9. The molecular weight excluding hydrogens is 200 g/mol. The zero-order chi connectivity index (χ0) is 0. The molecule has 0 aromatic heterocycles. The molecule has 0 radical (unpaired) electrons. The first-order chi connectivity index (χ1) is 0. The van der Waals surface area contributed by atoms with Gasteiger partial charge in [-0.2, -0.15) is 0 Å². The zero-order valence-corrected chi connectivity index (χ0v) is 1.50. The third-order valence-electron chi connectivity index (χ3n) is 0. The summed E-state index contributed by atoms with van der Waals surface area (Å²) in [7, 11) is 0. The molecule has 0 rings (SSSR count). The van der Waals surface area contributed by atoms with E-state index in [-0.39, 0.29) is 123 Å². The van der Waals surface area contributed by atoms with Gasteiger partial charge in [0.05, 0.1) is 0 Å². The summed E-state index contributed by atoms with van der Waals surface area (Å²) in [6, 6.07) is 0. The van der Waals surface area contributed by atoms with Crippen LogP contribution in [0.4, 0.5) is 0 Å². The van der Waals surface area contributed by atoms with E-state index in [9.17, 15) is 0 Å². The van der Waals surface area contributed by atoms with Gasteiger partial charge < -0.3 is 16.4 Å². The summed E-state index contributed by atoms with van der Waals surface area (Å²) in [6.45, 7) is 0. The minimum absolute atomic E-state index is 0. The van der Waals surface area contributed by atoms with Crippen molar-refractivity contribution in [3.05, 3.63) is 0 Å². The first-order valence-corrected chi connectivity index (χ1v) is 0. The van der Waals surface area contributed by atoms with Gasteiger partial charge in [0, 0.05) is 0 Å². The molecule has 0 bridgehead atoms. The monoisotopic (exact) mass is 212 g/mol. The number of hydrogen-bond donors (Lipinski definition) is 0. The molecule has 0 spiro atoms. The van der Waals surface area contributed by atoms with Crippen LogP contribution in [-0.2, 0) is 0 Å². The van der Waals surface area contributed by atoms with E-state index in [1.54, 1.807) is 0 Å². The molecule has 6 N–H and O–H groups in total. The Hall–Kier alpha value is 3.39. The summed E-state index contributed by atoms with van der Waals surface area (Å²) >= 11 is 0. The summed E-state index contributed by atoms with van der Waals surface area (Å²) < 4.78 is 0. The van der Waals surface area contributed by atoms with Crippen molar-refractivity contribution >= 4 is 106 Å². The topological polar surface area (TPSA) is 94.5 Å². The van der Waals surface area contributed by atoms with Crippen molar-refractivity contribution in [3.63, 3.8) is 0 Å². The van der Waals surface area contributed by atoms with E-state index in [0.717, 1.165) is 0 Å². The predicted octanol–water partition coefficient (Wildman–Crippen LogP) is -5.22. The standard InChI is InChI=1S/Ca.Mg.3H2O.Sr.6H/h;;3*1H2;;;;;;;. The fraction of sp³-hybridized carbons (Fsp3) is 0. The zero-order valence-electron chi connectivity index (χ0n) is 1.50. The van der Waals surface area contributed by atoms with Crippen LogP contribution in [0.3, 0.4) is 0 Å². The van der Waals surface area contributed by atoms with Crippen LogP contribution in [0.1, 0.15) is 0 Å². The Morgan fingerprint density at radius 3 is 0.667 bits per heavy atom. The van der Waals surface area contributed by atoms with Gasteiger partial charge in [0.25, 0.3) is 0 Å². The van der Waals surface area contributed by atoms with Gasteiger partial charge in [0.2, 0.25) is 0 Å². The molecule has 0 saturated carbocycles. The van der Waals surface area contributed by atoms with Crippen LogP contribution >= 0.6 is 0 Å².